The molecular weight excluding hydrogens is 112 g/mol. The molecule has 0 saturated heterocycles. The van der Waals surface area contributed by atoms with Gasteiger partial charge in [-0.2, -0.15) is 0 Å². The number of rotatable bonds is 2. The number of hydrogen-bond acceptors (Lipinski definition) is 2. The van der Waals surface area contributed by atoms with Crippen LogP contribution in [0.4, 0.5) is 0 Å². The number of nitrogens with one attached hydrogen (secondary N) is 1. The average Bonchev–Trinajstić information content (AvgIpc) is 2.34. The Hall–Kier alpha value is -0.530. The first kappa shape index (κ1) is 6.59. The molecule has 1 aliphatic heterocycles. The third-order valence-electron chi connectivity index (χ3n) is 1.69. The monoisotopic (exact) mass is 126 g/mol. The summed E-state index contributed by atoms with van der Waals surface area (Å²) in [6.45, 7) is 5.36. The van der Waals surface area contributed by atoms with Crippen molar-refractivity contribution in [1.29, 1.82) is 0 Å². The van der Waals surface area contributed by atoms with Gasteiger partial charge in [0.25, 0.3) is 0 Å². The Morgan fingerprint density at radius 3 is 2.78 bits per heavy atom. The van der Waals surface area contributed by atoms with Crippen molar-refractivity contribution in [2.24, 2.45) is 4.99 Å². The molecule has 1 atom stereocenters. The lowest BCUT2D eigenvalue weighted by atomic mass is 10.2. The van der Waals surface area contributed by atoms with Crippen LogP contribution in [0.3, 0.4) is 0 Å². The van der Waals surface area contributed by atoms with Gasteiger partial charge < -0.3 is 5.32 Å². The van der Waals surface area contributed by atoms with Gasteiger partial charge in [0.1, 0.15) is 0 Å². The lowest BCUT2D eigenvalue weighted by molar-refractivity contribution is 0.674. The van der Waals surface area contributed by atoms with Gasteiger partial charge in [0, 0.05) is 13.0 Å². The number of hydrogen-bond donors (Lipinski definition) is 1. The van der Waals surface area contributed by atoms with E-state index in [0.717, 1.165) is 19.4 Å². The van der Waals surface area contributed by atoms with Crippen LogP contribution in [-0.2, 0) is 0 Å². The van der Waals surface area contributed by atoms with Gasteiger partial charge in [0.15, 0.2) is 0 Å². The first-order valence-corrected chi connectivity index (χ1v) is 3.67. The van der Waals surface area contributed by atoms with Crippen LogP contribution < -0.4 is 5.32 Å². The van der Waals surface area contributed by atoms with Crippen LogP contribution in [-0.4, -0.2) is 18.4 Å². The Balaban J connectivity index is 2.40. The molecule has 0 aromatic rings. The summed E-state index contributed by atoms with van der Waals surface area (Å²) < 4.78 is 0. The summed E-state index contributed by atoms with van der Waals surface area (Å²) in [5.41, 5.74) is 0. The van der Waals surface area contributed by atoms with Crippen LogP contribution in [0.2, 0.25) is 0 Å². The first-order valence-electron chi connectivity index (χ1n) is 3.67. The van der Waals surface area contributed by atoms with Crippen LogP contribution in [0.25, 0.3) is 0 Å². The van der Waals surface area contributed by atoms with E-state index in [9.17, 15) is 0 Å². The maximum absolute atomic E-state index is 4.43. The fraction of sp³-hybridized carbons (Fsp3) is 0.857. The zero-order chi connectivity index (χ0) is 6.69. The third kappa shape index (κ3) is 1.44. The zero-order valence-corrected chi connectivity index (χ0v) is 6.15. The van der Waals surface area contributed by atoms with E-state index in [1.165, 1.54) is 5.84 Å². The smallest absolute Gasteiger partial charge is 0.0965 e. The highest BCUT2D eigenvalue weighted by Crippen LogP contribution is 2.03. The minimum Gasteiger partial charge on any atom is -0.372 e. The molecule has 0 bridgehead atoms. The third-order valence-corrected chi connectivity index (χ3v) is 1.69. The molecule has 1 N–H and O–H groups in total. The Kier molecular flexibility index (Phi) is 2.09. The van der Waals surface area contributed by atoms with Crippen molar-refractivity contribution in [3.05, 3.63) is 0 Å². The van der Waals surface area contributed by atoms with E-state index in [4.69, 9.17) is 0 Å². The standard InChI is InChI=1S/C7H14N2/c1-3-6-5-8-7(4-2)9-6/h6H,3-5H2,1-2H3,(H,8,9). The minimum atomic E-state index is 0.556. The molecule has 0 fully saturated rings. The molecule has 9 heavy (non-hydrogen) atoms. The van der Waals surface area contributed by atoms with Gasteiger partial charge in [-0.05, 0) is 6.42 Å². The fourth-order valence-corrected chi connectivity index (χ4v) is 0.999. The molecule has 0 aliphatic carbocycles. The summed E-state index contributed by atoms with van der Waals surface area (Å²) >= 11 is 0. The van der Waals surface area contributed by atoms with E-state index >= 15 is 0 Å². The molecule has 0 radical (unpaired) electrons. The molecule has 1 aliphatic rings. The predicted octanol–water partition coefficient (Wildman–Crippen LogP) is 1.18. The van der Waals surface area contributed by atoms with Crippen LogP contribution in [0.1, 0.15) is 26.7 Å². The van der Waals surface area contributed by atoms with Gasteiger partial charge in [-0.25, -0.2) is 0 Å². The van der Waals surface area contributed by atoms with Crippen molar-refractivity contribution < 1.29 is 0 Å². The van der Waals surface area contributed by atoms with Crippen molar-refractivity contribution in [3.8, 4) is 0 Å². The Bertz CT molecular complexity index is 118. The fourth-order valence-electron chi connectivity index (χ4n) is 0.999. The number of amidine groups is 1. The van der Waals surface area contributed by atoms with Crippen LogP contribution in [0.5, 0.6) is 0 Å². The molecule has 1 unspecified atom stereocenters. The Labute approximate surface area is 56.4 Å². The summed E-state index contributed by atoms with van der Waals surface area (Å²) in [5.74, 6) is 1.18. The van der Waals surface area contributed by atoms with E-state index in [1.807, 2.05) is 0 Å². The highest BCUT2D eigenvalue weighted by molar-refractivity contribution is 5.83. The average molecular weight is 126 g/mol. The maximum Gasteiger partial charge on any atom is 0.0965 e. The topological polar surface area (TPSA) is 24.4 Å². The zero-order valence-electron chi connectivity index (χ0n) is 6.15. The minimum absolute atomic E-state index is 0.556. The van der Waals surface area contributed by atoms with Crippen molar-refractivity contribution >= 4 is 5.84 Å². The second-order valence-corrected chi connectivity index (χ2v) is 2.37. The van der Waals surface area contributed by atoms with E-state index in [1.54, 1.807) is 0 Å². The highest BCUT2D eigenvalue weighted by atomic mass is 15.1. The Morgan fingerprint density at radius 2 is 2.44 bits per heavy atom. The van der Waals surface area contributed by atoms with Gasteiger partial charge in [-0.3, -0.25) is 4.99 Å². The molecule has 52 valence electrons. The summed E-state index contributed by atoms with van der Waals surface area (Å²) in [5, 5.41) is 3.26. The number of aliphatic imine (C=N–C) groups is 1. The van der Waals surface area contributed by atoms with E-state index in [0.29, 0.717) is 6.04 Å². The normalized spacial score (nSPS) is 25.6. The van der Waals surface area contributed by atoms with E-state index in [2.05, 4.69) is 24.2 Å². The van der Waals surface area contributed by atoms with Gasteiger partial charge in [0.05, 0.1) is 11.9 Å². The molecule has 1 rings (SSSR count). The van der Waals surface area contributed by atoms with Crippen molar-refractivity contribution in [1.82, 2.24) is 5.32 Å². The second-order valence-electron chi connectivity index (χ2n) is 2.37. The molecule has 0 aromatic heterocycles. The van der Waals surface area contributed by atoms with Crippen LogP contribution in [0, 0.1) is 0 Å². The van der Waals surface area contributed by atoms with Crippen molar-refractivity contribution in [3.63, 3.8) is 0 Å². The first-order chi connectivity index (χ1) is 4.36. The number of nitrogens with zero attached hydrogens (tertiary/aromatic N) is 1. The summed E-state index contributed by atoms with van der Waals surface area (Å²) in [6.07, 6.45) is 2.22. The molecule has 0 saturated carbocycles. The second kappa shape index (κ2) is 2.85. The molecule has 2 heteroatoms. The molecule has 1 heterocycles. The summed E-state index contributed by atoms with van der Waals surface area (Å²) in [7, 11) is 0. The Morgan fingerprint density at radius 1 is 1.67 bits per heavy atom. The molecular formula is C7H14N2. The van der Waals surface area contributed by atoms with E-state index < -0.39 is 0 Å². The quantitative estimate of drug-likeness (QED) is 0.590. The van der Waals surface area contributed by atoms with Crippen LogP contribution in [0.15, 0.2) is 4.99 Å². The molecule has 0 spiro atoms. The lowest BCUT2D eigenvalue weighted by Crippen LogP contribution is -2.19. The van der Waals surface area contributed by atoms with Crippen molar-refractivity contribution in [2.75, 3.05) is 6.54 Å². The highest BCUT2D eigenvalue weighted by Gasteiger charge is 2.11. The molecule has 0 aromatic carbocycles. The van der Waals surface area contributed by atoms with Crippen LogP contribution >= 0.6 is 0 Å². The summed E-state index contributed by atoms with van der Waals surface area (Å²) in [4.78, 5) is 4.43. The van der Waals surface area contributed by atoms with Gasteiger partial charge in [-0.15, -0.1) is 0 Å². The van der Waals surface area contributed by atoms with Crippen molar-refractivity contribution in [2.45, 2.75) is 32.7 Å². The maximum atomic E-state index is 4.43. The summed E-state index contributed by atoms with van der Waals surface area (Å²) in [6, 6.07) is 0.556. The van der Waals surface area contributed by atoms with Gasteiger partial charge >= 0.3 is 0 Å². The predicted molar refractivity (Wildman–Crippen MR) is 39.8 cm³/mol. The largest absolute Gasteiger partial charge is 0.372 e. The van der Waals surface area contributed by atoms with Gasteiger partial charge in [-0.1, -0.05) is 13.8 Å². The molecule has 0 amide bonds. The van der Waals surface area contributed by atoms with Gasteiger partial charge in [0.2, 0.25) is 0 Å². The SMILES string of the molecule is CCC1=NC(CC)CN1. The molecule has 2 nitrogen and oxygen atoms in total. The van der Waals surface area contributed by atoms with E-state index in [-0.39, 0.29) is 0 Å². The lowest BCUT2D eigenvalue weighted by Gasteiger charge is -1.96.